The summed E-state index contributed by atoms with van der Waals surface area (Å²) in [6.07, 6.45) is 1.79. The number of hydrogen-bond acceptors (Lipinski definition) is 6. The molecule has 0 radical (unpaired) electrons. The summed E-state index contributed by atoms with van der Waals surface area (Å²) >= 11 is 0. The van der Waals surface area contributed by atoms with E-state index in [0.29, 0.717) is 11.1 Å². The number of esters is 1. The van der Waals surface area contributed by atoms with Gasteiger partial charge in [0.05, 0.1) is 12.5 Å². The number of ether oxygens (including phenoxy) is 1. The highest BCUT2D eigenvalue weighted by Gasteiger charge is 2.23. The Morgan fingerprint density at radius 2 is 1.87 bits per heavy atom. The first-order chi connectivity index (χ1) is 18.2. The average molecular weight is 530 g/mol. The third-order valence-electron chi connectivity index (χ3n) is 5.95. The van der Waals surface area contributed by atoms with Gasteiger partial charge in [0.1, 0.15) is 12.4 Å². The Morgan fingerprint density at radius 3 is 2.63 bits per heavy atom. The van der Waals surface area contributed by atoms with E-state index in [4.69, 9.17) is 4.74 Å². The molecule has 0 aliphatic carbocycles. The fourth-order valence-corrected chi connectivity index (χ4v) is 3.69. The molecular formula is C27H26F3N3O5. The summed E-state index contributed by atoms with van der Waals surface area (Å²) in [6.45, 7) is -0.561. The smallest absolute Gasteiger partial charge is 0.317 e. The summed E-state index contributed by atoms with van der Waals surface area (Å²) in [5.74, 6) is -3.79. The van der Waals surface area contributed by atoms with E-state index in [1.165, 1.54) is 36.2 Å². The summed E-state index contributed by atoms with van der Waals surface area (Å²) in [6, 6.07) is 8.11. The van der Waals surface area contributed by atoms with Crippen LogP contribution in [0.5, 0.6) is 0 Å². The second-order valence-corrected chi connectivity index (χ2v) is 8.61. The van der Waals surface area contributed by atoms with Crippen LogP contribution in [0.25, 0.3) is 10.8 Å². The second kappa shape index (κ2) is 13.3. The minimum absolute atomic E-state index is 0.0287. The molecule has 2 aromatic carbocycles. The van der Waals surface area contributed by atoms with E-state index < -0.39 is 35.5 Å². The number of nitrogens with one attached hydrogen (secondary N) is 1. The second-order valence-electron chi connectivity index (χ2n) is 8.61. The van der Waals surface area contributed by atoms with Gasteiger partial charge in [0.25, 0.3) is 0 Å². The van der Waals surface area contributed by atoms with Crippen LogP contribution in [0.1, 0.15) is 30.5 Å². The monoisotopic (exact) mass is 529 g/mol. The van der Waals surface area contributed by atoms with Crippen LogP contribution in [0.2, 0.25) is 0 Å². The number of nitrogens with zero attached hydrogens (tertiary/aromatic N) is 2. The fourth-order valence-electron chi connectivity index (χ4n) is 3.69. The summed E-state index contributed by atoms with van der Waals surface area (Å²) in [5.41, 5.74) is 0.505. The normalized spacial score (nSPS) is 11.6. The lowest BCUT2D eigenvalue weighted by molar-refractivity contribution is -0.145. The SMILES string of the molecule is CN(C(=O)NCc1cccc(F)c1F)[C@@H](CCC(=O)C=O)COC(=O)CCc1cc2cc(F)ccc2cn1. The number of rotatable bonds is 12. The van der Waals surface area contributed by atoms with Crippen molar-refractivity contribution >= 4 is 34.8 Å². The molecule has 0 spiro atoms. The van der Waals surface area contributed by atoms with Gasteiger partial charge >= 0.3 is 12.0 Å². The molecule has 11 heteroatoms. The lowest BCUT2D eigenvalue weighted by Gasteiger charge is -2.28. The molecule has 2 amide bonds. The maximum absolute atomic E-state index is 13.9. The molecule has 0 saturated carbocycles. The Balaban J connectivity index is 1.56. The summed E-state index contributed by atoms with van der Waals surface area (Å²) < 4.78 is 46.1. The van der Waals surface area contributed by atoms with Gasteiger partial charge in [-0.25, -0.2) is 18.0 Å². The first kappa shape index (κ1) is 28.3. The van der Waals surface area contributed by atoms with Gasteiger partial charge in [0.15, 0.2) is 23.7 Å². The highest BCUT2D eigenvalue weighted by molar-refractivity contribution is 6.24. The number of carbonyl (C=O) groups excluding carboxylic acids is 4. The molecule has 0 aliphatic heterocycles. The molecule has 200 valence electrons. The number of likely N-dealkylation sites (N-methyl/N-ethyl adjacent to an activating group) is 1. The van der Waals surface area contributed by atoms with E-state index >= 15 is 0 Å². The van der Waals surface area contributed by atoms with Crippen LogP contribution in [0.3, 0.4) is 0 Å². The molecule has 1 atom stereocenters. The number of urea groups is 1. The number of benzene rings is 2. The molecule has 0 fully saturated rings. The van der Waals surface area contributed by atoms with Crippen molar-refractivity contribution in [3.63, 3.8) is 0 Å². The average Bonchev–Trinajstić information content (AvgIpc) is 2.91. The lowest BCUT2D eigenvalue weighted by atomic mass is 10.1. The number of ketones is 1. The third kappa shape index (κ3) is 7.86. The van der Waals surface area contributed by atoms with E-state index in [1.54, 1.807) is 18.3 Å². The van der Waals surface area contributed by atoms with Crippen LogP contribution < -0.4 is 5.32 Å². The minimum atomic E-state index is -1.08. The molecule has 0 saturated heterocycles. The molecular weight excluding hydrogens is 503 g/mol. The van der Waals surface area contributed by atoms with Crippen LogP contribution in [0, 0.1) is 17.5 Å². The standard InChI is InChI=1S/C27H26F3N3O5/c1-33(27(37)32-14-18-3-2-4-24(29)26(18)30)22(8-9-23(35)15-34)16-38-25(36)10-7-21-12-19-11-20(28)6-5-17(19)13-31-21/h2-6,11-13,15,22H,7-10,14,16H2,1H3,(H,32,37)/t22-/m0/s1. The fraction of sp³-hybridized carbons (Fsp3) is 0.296. The van der Waals surface area contributed by atoms with Gasteiger partial charge in [-0.2, -0.15) is 0 Å². The van der Waals surface area contributed by atoms with Crippen LogP contribution in [0.15, 0.2) is 48.7 Å². The molecule has 1 aromatic heterocycles. The molecule has 1 heterocycles. The van der Waals surface area contributed by atoms with E-state index in [-0.39, 0.29) is 56.5 Å². The molecule has 1 N–H and O–H groups in total. The molecule has 0 aliphatic rings. The van der Waals surface area contributed by atoms with Crippen LogP contribution in [-0.2, 0) is 32.1 Å². The number of amides is 2. The first-order valence-corrected chi connectivity index (χ1v) is 11.8. The van der Waals surface area contributed by atoms with Crippen molar-refractivity contribution in [2.75, 3.05) is 13.7 Å². The van der Waals surface area contributed by atoms with Gasteiger partial charge in [-0.3, -0.25) is 19.4 Å². The highest BCUT2D eigenvalue weighted by Crippen LogP contribution is 2.17. The first-order valence-electron chi connectivity index (χ1n) is 11.8. The highest BCUT2D eigenvalue weighted by atomic mass is 19.2. The molecule has 3 rings (SSSR count). The number of hydrogen-bond donors (Lipinski definition) is 1. The zero-order chi connectivity index (χ0) is 27.7. The van der Waals surface area contributed by atoms with Gasteiger partial charge in [-0.15, -0.1) is 0 Å². The Hall–Kier alpha value is -4.28. The van der Waals surface area contributed by atoms with E-state index in [9.17, 15) is 32.3 Å². The summed E-state index contributed by atoms with van der Waals surface area (Å²) in [4.78, 5) is 52.6. The topological polar surface area (TPSA) is 106 Å². The number of pyridine rings is 1. The Kier molecular flexibility index (Phi) is 9.92. The number of carbonyl (C=O) groups is 4. The van der Waals surface area contributed by atoms with E-state index in [2.05, 4.69) is 10.3 Å². The van der Waals surface area contributed by atoms with Crippen LogP contribution >= 0.6 is 0 Å². The van der Waals surface area contributed by atoms with E-state index in [0.717, 1.165) is 11.5 Å². The largest absolute Gasteiger partial charge is 0.463 e. The van der Waals surface area contributed by atoms with Crippen molar-refractivity contribution in [2.45, 2.75) is 38.3 Å². The van der Waals surface area contributed by atoms with Crippen LogP contribution in [0.4, 0.5) is 18.0 Å². The maximum Gasteiger partial charge on any atom is 0.317 e. The number of Topliss-reactive ketones (excluding diaryl/α,β-unsaturated/α-hetero) is 1. The van der Waals surface area contributed by atoms with Crippen molar-refractivity contribution < 1.29 is 37.1 Å². The quantitative estimate of drug-likeness (QED) is 0.217. The predicted octanol–water partition coefficient (Wildman–Crippen LogP) is 3.89. The van der Waals surface area contributed by atoms with Gasteiger partial charge < -0.3 is 15.0 Å². The maximum atomic E-state index is 13.9. The van der Waals surface area contributed by atoms with Crippen molar-refractivity contribution in [1.82, 2.24) is 15.2 Å². The zero-order valence-electron chi connectivity index (χ0n) is 20.6. The molecule has 3 aromatic rings. The van der Waals surface area contributed by atoms with Crippen molar-refractivity contribution in [3.8, 4) is 0 Å². The van der Waals surface area contributed by atoms with Gasteiger partial charge in [-0.1, -0.05) is 12.1 Å². The predicted molar refractivity (Wildman–Crippen MR) is 131 cm³/mol. The number of fused-ring (bicyclic) bond motifs is 1. The van der Waals surface area contributed by atoms with Crippen LogP contribution in [-0.4, -0.2) is 53.7 Å². The number of aromatic nitrogens is 1. The zero-order valence-corrected chi connectivity index (χ0v) is 20.6. The Morgan fingerprint density at radius 1 is 1.08 bits per heavy atom. The Labute approximate surface area is 216 Å². The number of halogens is 3. The number of aryl methyl sites for hydroxylation is 1. The number of aldehydes is 1. The Bertz CT molecular complexity index is 1330. The van der Waals surface area contributed by atoms with Gasteiger partial charge in [0.2, 0.25) is 0 Å². The molecule has 38 heavy (non-hydrogen) atoms. The molecule has 0 unspecified atom stereocenters. The van der Waals surface area contributed by atoms with Gasteiger partial charge in [0, 0.05) is 49.3 Å². The summed E-state index contributed by atoms with van der Waals surface area (Å²) in [5, 5.41) is 3.86. The molecule has 8 nitrogen and oxygen atoms in total. The summed E-state index contributed by atoms with van der Waals surface area (Å²) in [7, 11) is 1.39. The minimum Gasteiger partial charge on any atom is -0.463 e. The van der Waals surface area contributed by atoms with Crippen molar-refractivity contribution in [1.29, 1.82) is 0 Å². The van der Waals surface area contributed by atoms with Crippen molar-refractivity contribution in [3.05, 3.63) is 77.4 Å². The van der Waals surface area contributed by atoms with Gasteiger partial charge in [-0.05, 0) is 42.1 Å². The van der Waals surface area contributed by atoms with E-state index in [1.807, 2.05) is 0 Å². The molecule has 0 bridgehead atoms. The van der Waals surface area contributed by atoms with Crippen molar-refractivity contribution in [2.24, 2.45) is 0 Å². The lowest BCUT2D eigenvalue weighted by Crippen LogP contribution is -2.46. The third-order valence-corrected chi connectivity index (χ3v) is 5.95.